The lowest BCUT2D eigenvalue weighted by atomic mass is 9.94. The summed E-state index contributed by atoms with van der Waals surface area (Å²) in [4.78, 5) is 2.45. The third-order valence-electron chi connectivity index (χ3n) is 10.2. The van der Waals surface area contributed by atoms with E-state index in [0.29, 0.717) is 0 Å². The number of rotatable bonds is 6. The highest BCUT2D eigenvalue weighted by atomic mass is 32.1. The second kappa shape index (κ2) is 12.7. The summed E-state index contributed by atoms with van der Waals surface area (Å²) in [7, 11) is 0. The average Bonchev–Trinajstić information content (AvgIpc) is 3.60. The molecule has 0 aliphatic heterocycles. The minimum Gasteiger partial charge on any atom is -0.310 e. The predicted octanol–water partition coefficient (Wildman–Crippen LogP) is 14.8. The molecule has 52 heavy (non-hydrogen) atoms. The number of fused-ring (bicyclic) bond motifs is 5. The van der Waals surface area contributed by atoms with Crippen LogP contribution in [0.2, 0.25) is 0 Å². The number of hydrogen-bond acceptors (Lipinski definition) is 2. The molecule has 10 rings (SSSR count). The van der Waals surface area contributed by atoms with Gasteiger partial charge in [-0.1, -0.05) is 146 Å². The van der Waals surface area contributed by atoms with Crippen molar-refractivity contribution in [2.75, 3.05) is 4.90 Å². The number of benzene rings is 9. The third kappa shape index (κ3) is 5.33. The van der Waals surface area contributed by atoms with Gasteiger partial charge in [0.2, 0.25) is 0 Å². The molecule has 1 aromatic heterocycles. The molecular formula is C50H33NS. The van der Waals surface area contributed by atoms with E-state index in [9.17, 15) is 0 Å². The zero-order chi connectivity index (χ0) is 34.4. The molecule has 0 spiro atoms. The van der Waals surface area contributed by atoms with Gasteiger partial charge in [0.1, 0.15) is 0 Å². The summed E-state index contributed by atoms with van der Waals surface area (Å²) >= 11 is 1.87. The Hall–Kier alpha value is -6.48. The molecule has 0 unspecified atom stereocenters. The fourth-order valence-corrected chi connectivity index (χ4v) is 8.79. The Labute approximate surface area is 307 Å². The molecule has 0 aliphatic carbocycles. The minimum absolute atomic E-state index is 1.11. The molecule has 0 aliphatic rings. The van der Waals surface area contributed by atoms with Crippen LogP contribution in [0, 0.1) is 0 Å². The second-order valence-corrected chi connectivity index (χ2v) is 14.4. The highest BCUT2D eigenvalue weighted by molar-refractivity contribution is 7.26. The van der Waals surface area contributed by atoms with Crippen molar-refractivity contribution >= 4 is 70.1 Å². The van der Waals surface area contributed by atoms with Gasteiger partial charge in [-0.15, -0.1) is 11.3 Å². The van der Waals surface area contributed by atoms with Gasteiger partial charge in [-0.25, -0.2) is 0 Å². The summed E-state index contributed by atoms with van der Waals surface area (Å²) in [6.07, 6.45) is 0. The Balaban J connectivity index is 1.22. The number of thiophene rings is 1. The summed E-state index contributed by atoms with van der Waals surface area (Å²) in [6, 6.07) is 73.1. The van der Waals surface area contributed by atoms with E-state index in [-0.39, 0.29) is 0 Å². The Bertz CT molecular complexity index is 2890. The predicted molar refractivity (Wildman–Crippen MR) is 225 cm³/mol. The quantitative estimate of drug-likeness (QED) is 0.169. The van der Waals surface area contributed by atoms with Crippen LogP contribution >= 0.6 is 11.3 Å². The Morgan fingerprint density at radius 1 is 0.327 bits per heavy atom. The molecule has 0 radical (unpaired) electrons. The Morgan fingerprint density at radius 2 is 0.865 bits per heavy atom. The number of anilines is 3. The molecule has 0 N–H and O–H groups in total. The molecule has 0 saturated carbocycles. The lowest BCUT2D eigenvalue weighted by Crippen LogP contribution is -2.11. The summed E-state index contributed by atoms with van der Waals surface area (Å²) < 4.78 is 2.59. The van der Waals surface area contributed by atoms with Crippen molar-refractivity contribution in [2.45, 2.75) is 0 Å². The van der Waals surface area contributed by atoms with E-state index in [2.05, 4.69) is 205 Å². The molecule has 10 aromatic rings. The van der Waals surface area contributed by atoms with E-state index in [4.69, 9.17) is 0 Å². The van der Waals surface area contributed by atoms with Gasteiger partial charge >= 0.3 is 0 Å². The SMILES string of the molecule is c1ccc(-c2ccc(N(c3ccc4cc(-c5ccccc5)ccc4c3)c3ccc4sc5ccccc5c4c3-c3ccc4ccccc4c3)cc2)cc1. The summed E-state index contributed by atoms with van der Waals surface area (Å²) in [5.41, 5.74) is 10.7. The zero-order valence-electron chi connectivity index (χ0n) is 28.4. The van der Waals surface area contributed by atoms with E-state index >= 15 is 0 Å². The van der Waals surface area contributed by atoms with Gasteiger partial charge in [-0.3, -0.25) is 0 Å². The molecule has 0 bridgehead atoms. The standard InChI is InChI=1S/C50H33NS/c1-3-11-34(12-4-1)37-23-26-43(27-24-37)51(44-28-25-40-31-39(20-21-41(40)33-44)35-13-5-2-6-14-35)46-29-30-48-50(45-17-9-10-18-47(45)52-48)49(46)42-22-19-36-15-7-8-16-38(36)32-42/h1-33H. The van der Waals surface area contributed by atoms with Crippen molar-refractivity contribution in [1.82, 2.24) is 0 Å². The maximum absolute atomic E-state index is 2.45. The summed E-state index contributed by atoms with van der Waals surface area (Å²) in [5, 5.41) is 7.50. The van der Waals surface area contributed by atoms with Crippen molar-refractivity contribution < 1.29 is 0 Å². The lowest BCUT2D eigenvalue weighted by molar-refractivity contribution is 1.30. The van der Waals surface area contributed by atoms with Crippen LogP contribution < -0.4 is 4.90 Å². The molecule has 244 valence electrons. The minimum atomic E-state index is 1.11. The summed E-state index contributed by atoms with van der Waals surface area (Å²) in [5.74, 6) is 0. The van der Waals surface area contributed by atoms with Crippen LogP contribution in [0.3, 0.4) is 0 Å². The van der Waals surface area contributed by atoms with E-state index in [1.165, 1.54) is 75.1 Å². The van der Waals surface area contributed by atoms with Gasteiger partial charge in [0.15, 0.2) is 0 Å². The molecule has 9 aromatic carbocycles. The van der Waals surface area contributed by atoms with Crippen molar-refractivity contribution in [2.24, 2.45) is 0 Å². The van der Waals surface area contributed by atoms with E-state index < -0.39 is 0 Å². The van der Waals surface area contributed by atoms with Gasteiger partial charge in [-0.2, -0.15) is 0 Å². The average molecular weight is 680 g/mol. The monoisotopic (exact) mass is 679 g/mol. The lowest BCUT2D eigenvalue weighted by Gasteiger charge is -2.29. The van der Waals surface area contributed by atoms with E-state index in [0.717, 1.165) is 17.1 Å². The van der Waals surface area contributed by atoms with Crippen molar-refractivity contribution in [3.8, 4) is 33.4 Å². The van der Waals surface area contributed by atoms with Gasteiger partial charge in [-0.05, 0) is 104 Å². The van der Waals surface area contributed by atoms with Crippen LogP contribution in [-0.2, 0) is 0 Å². The first-order valence-electron chi connectivity index (χ1n) is 17.8. The van der Waals surface area contributed by atoms with Crippen LogP contribution in [0.25, 0.3) is 75.1 Å². The number of hydrogen-bond donors (Lipinski definition) is 0. The molecule has 0 atom stereocenters. The van der Waals surface area contributed by atoms with E-state index in [1.807, 2.05) is 11.3 Å². The van der Waals surface area contributed by atoms with Gasteiger partial charge < -0.3 is 4.90 Å². The smallest absolute Gasteiger partial charge is 0.0547 e. The van der Waals surface area contributed by atoms with Crippen LogP contribution in [-0.4, -0.2) is 0 Å². The first-order chi connectivity index (χ1) is 25.8. The first kappa shape index (κ1) is 30.4. The Kier molecular flexibility index (Phi) is 7.41. The van der Waals surface area contributed by atoms with E-state index in [1.54, 1.807) is 0 Å². The molecule has 0 fully saturated rings. The fourth-order valence-electron chi connectivity index (χ4n) is 7.67. The maximum Gasteiger partial charge on any atom is 0.0547 e. The first-order valence-corrected chi connectivity index (χ1v) is 18.6. The van der Waals surface area contributed by atoms with Crippen LogP contribution in [0.4, 0.5) is 17.1 Å². The van der Waals surface area contributed by atoms with Crippen LogP contribution in [0.1, 0.15) is 0 Å². The molecule has 0 saturated heterocycles. The van der Waals surface area contributed by atoms with Crippen LogP contribution in [0.5, 0.6) is 0 Å². The zero-order valence-corrected chi connectivity index (χ0v) is 29.2. The van der Waals surface area contributed by atoms with Crippen LogP contribution in [0.15, 0.2) is 200 Å². The topological polar surface area (TPSA) is 3.24 Å². The number of nitrogens with zero attached hydrogens (tertiary/aromatic N) is 1. The summed E-state index contributed by atoms with van der Waals surface area (Å²) in [6.45, 7) is 0. The molecule has 1 nitrogen and oxygen atoms in total. The second-order valence-electron chi connectivity index (χ2n) is 13.4. The molecule has 1 heterocycles. The maximum atomic E-state index is 2.45. The normalized spacial score (nSPS) is 11.5. The largest absolute Gasteiger partial charge is 0.310 e. The highest BCUT2D eigenvalue weighted by Gasteiger charge is 2.22. The Morgan fingerprint density at radius 3 is 1.67 bits per heavy atom. The molecular weight excluding hydrogens is 647 g/mol. The van der Waals surface area contributed by atoms with Gasteiger partial charge in [0.25, 0.3) is 0 Å². The fraction of sp³-hybridized carbons (Fsp3) is 0. The van der Waals surface area contributed by atoms with Gasteiger partial charge in [0, 0.05) is 37.1 Å². The molecule has 2 heteroatoms. The van der Waals surface area contributed by atoms with Crippen molar-refractivity contribution in [3.63, 3.8) is 0 Å². The van der Waals surface area contributed by atoms with Gasteiger partial charge in [0.05, 0.1) is 5.69 Å². The van der Waals surface area contributed by atoms with Crippen molar-refractivity contribution in [1.29, 1.82) is 0 Å². The molecule has 0 amide bonds. The third-order valence-corrected chi connectivity index (χ3v) is 11.4. The highest BCUT2D eigenvalue weighted by Crippen LogP contribution is 2.49. The van der Waals surface area contributed by atoms with Crippen molar-refractivity contribution in [3.05, 3.63) is 200 Å².